The topological polar surface area (TPSA) is 44.1 Å². The molecule has 0 aliphatic carbocycles. The van der Waals surface area contributed by atoms with Gasteiger partial charge in [0.15, 0.2) is 5.78 Å². The highest BCUT2D eigenvalue weighted by atomic mass is 16.5. The second kappa shape index (κ2) is 6.35. The van der Waals surface area contributed by atoms with Gasteiger partial charge in [0, 0.05) is 25.5 Å². The first-order valence-electron chi connectivity index (χ1n) is 5.37. The standard InChI is InChI=1S/C11H18N2O2/c1-3-7-15-9-10(14)8-11-12-5-6-13(11)4-2/h5-6H,3-4,7-9H2,1-2H3. The molecule has 4 nitrogen and oxygen atoms in total. The van der Waals surface area contributed by atoms with Crippen molar-refractivity contribution in [3.63, 3.8) is 0 Å². The number of carbonyl (C=O) groups excluding carboxylic acids is 1. The molecule has 4 heteroatoms. The number of Topliss-reactive ketones (excluding diaryl/α,β-unsaturated/α-hetero) is 1. The lowest BCUT2D eigenvalue weighted by atomic mass is 10.3. The molecule has 0 N–H and O–H groups in total. The lowest BCUT2D eigenvalue weighted by Crippen LogP contribution is -2.15. The molecule has 0 spiro atoms. The van der Waals surface area contributed by atoms with E-state index in [9.17, 15) is 4.79 Å². The maximum Gasteiger partial charge on any atom is 0.165 e. The molecule has 15 heavy (non-hydrogen) atoms. The molecule has 0 unspecified atom stereocenters. The van der Waals surface area contributed by atoms with Crippen LogP contribution in [0, 0.1) is 0 Å². The van der Waals surface area contributed by atoms with Gasteiger partial charge in [-0.15, -0.1) is 0 Å². The summed E-state index contributed by atoms with van der Waals surface area (Å²) >= 11 is 0. The first-order chi connectivity index (χ1) is 7.27. The second-order valence-electron chi connectivity index (χ2n) is 3.40. The lowest BCUT2D eigenvalue weighted by Gasteiger charge is -2.04. The van der Waals surface area contributed by atoms with Crippen LogP contribution in [0.5, 0.6) is 0 Å². The van der Waals surface area contributed by atoms with Crippen LogP contribution in [0.1, 0.15) is 26.1 Å². The first kappa shape index (κ1) is 11.9. The summed E-state index contributed by atoms with van der Waals surface area (Å²) in [6, 6.07) is 0. The molecule has 0 radical (unpaired) electrons. The Kier molecular flexibility index (Phi) is 5.04. The Morgan fingerprint density at radius 3 is 3.00 bits per heavy atom. The highest BCUT2D eigenvalue weighted by molar-refractivity contribution is 5.81. The average molecular weight is 210 g/mol. The van der Waals surface area contributed by atoms with Gasteiger partial charge in [0.25, 0.3) is 0 Å². The van der Waals surface area contributed by atoms with E-state index in [2.05, 4.69) is 4.98 Å². The van der Waals surface area contributed by atoms with Crippen molar-refractivity contribution in [3.8, 4) is 0 Å². The minimum Gasteiger partial charge on any atom is -0.374 e. The Morgan fingerprint density at radius 1 is 1.53 bits per heavy atom. The van der Waals surface area contributed by atoms with Gasteiger partial charge in [-0.25, -0.2) is 4.98 Å². The van der Waals surface area contributed by atoms with E-state index in [1.165, 1.54) is 0 Å². The molecular weight excluding hydrogens is 192 g/mol. The minimum absolute atomic E-state index is 0.0874. The molecule has 1 aromatic rings. The van der Waals surface area contributed by atoms with Crippen molar-refractivity contribution in [3.05, 3.63) is 18.2 Å². The summed E-state index contributed by atoms with van der Waals surface area (Å²) in [6.07, 6.45) is 4.91. The van der Waals surface area contributed by atoms with Gasteiger partial charge < -0.3 is 9.30 Å². The summed E-state index contributed by atoms with van der Waals surface area (Å²) in [4.78, 5) is 15.6. The van der Waals surface area contributed by atoms with Gasteiger partial charge >= 0.3 is 0 Å². The number of ether oxygens (including phenoxy) is 1. The molecule has 0 atom stereocenters. The lowest BCUT2D eigenvalue weighted by molar-refractivity contribution is -0.123. The Morgan fingerprint density at radius 2 is 2.33 bits per heavy atom. The smallest absolute Gasteiger partial charge is 0.165 e. The second-order valence-corrected chi connectivity index (χ2v) is 3.40. The molecule has 0 fully saturated rings. The number of aromatic nitrogens is 2. The number of aryl methyl sites for hydroxylation is 1. The van der Waals surface area contributed by atoms with E-state index in [0.717, 1.165) is 18.8 Å². The Hall–Kier alpha value is -1.16. The van der Waals surface area contributed by atoms with Crippen LogP contribution < -0.4 is 0 Å². The van der Waals surface area contributed by atoms with Gasteiger partial charge in [-0.05, 0) is 13.3 Å². The highest BCUT2D eigenvalue weighted by Crippen LogP contribution is 1.99. The Bertz CT molecular complexity index is 307. The molecule has 84 valence electrons. The number of nitrogens with zero attached hydrogens (tertiary/aromatic N) is 2. The number of rotatable bonds is 7. The normalized spacial score (nSPS) is 10.5. The summed E-state index contributed by atoms with van der Waals surface area (Å²) in [5.74, 6) is 0.909. The largest absolute Gasteiger partial charge is 0.374 e. The van der Waals surface area contributed by atoms with Gasteiger partial charge in [-0.3, -0.25) is 4.79 Å². The van der Waals surface area contributed by atoms with E-state index in [4.69, 9.17) is 4.74 Å². The molecule has 1 aromatic heterocycles. The fraction of sp³-hybridized carbons (Fsp3) is 0.636. The molecule has 0 saturated carbocycles. The van der Waals surface area contributed by atoms with E-state index in [1.807, 2.05) is 24.6 Å². The zero-order valence-electron chi connectivity index (χ0n) is 9.40. The van der Waals surface area contributed by atoms with Crippen LogP contribution in [0.15, 0.2) is 12.4 Å². The molecule has 1 rings (SSSR count). The molecule has 0 aliphatic heterocycles. The molecule has 0 amide bonds. The van der Waals surface area contributed by atoms with Crippen molar-refractivity contribution in [2.75, 3.05) is 13.2 Å². The van der Waals surface area contributed by atoms with Crippen molar-refractivity contribution < 1.29 is 9.53 Å². The average Bonchev–Trinajstić information content (AvgIpc) is 2.65. The fourth-order valence-corrected chi connectivity index (χ4v) is 1.35. The van der Waals surface area contributed by atoms with Gasteiger partial charge in [-0.2, -0.15) is 0 Å². The van der Waals surface area contributed by atoms with Gasteiger partial charge in [0.1, 0.15) is 12.4 Å². The summed E-state index contributed by atoms with van der Waals surface area (Å²) in [5, 5.41) is 0. The van der Waals surface area contributed by atoms with E-state index in [0.29, 0.717) is 13.0 Å². The van der Waals surface area contributed by atoms with Crippen molar-refractivity contribution in [2.24, 2.45) is 0 Å². The quantitative estimate of drug-likeness (QED) is 0.640. The first-order valence-corrected chi connectivity index (χ1v) is 5.37. The zero-order valence-corrected chi connectivity index (χ0v) is 9.40. The van der Waals surface area contributed by atoms with Gasteiger partial charge in [-0.1, -0.05) is 6.92 Å². The van der Waals surface area contributed by atoms with Crippen LogP contribution in [0.3, 0.4) is 0 Å². The Labute approximate surface area is 90.3 Å². The summed E-state index contributed by atoms with van der Waals surface area (Å²) in [6.45, 7) is 5.74. The van der Waals surface area contributed by atoms with Crippen LogP contribution >= 0.6 is 0 Å². The van der Waals surface area contributed by atoms with Gasteiger partial charge in [0.05, 0.1) is 6.42 Å². The predicted molar refractivity (Wildman–Crippen MR) is 57.7 cm³/mol. The van der Waals surface area contributed by atoms with E-state index < -0.39 is 0 Å². The number of hydrogen-bond acceptors (Lipinski definition) is 3. The molecule has 1 heterocycles. The monoisotopic (exact) mass is 210 g/mol. The third-order valence-electron chi connectivity index (χ3n) is 2.11. The Balaban J connectivity index is 2.37. The molecule has 0 saturated heterocycles. The molecule has 0 aliphatic rings. The fourth-order valence-electron chi connectivity index (χ4n) is 1.35. The maximum atomic E-state index is 11.5. The number of imidazole rings is 1. The number of hydrogen-bond donors (Lipinski definition) is 0. The zero-order chi connectivity index (χ0) is 11.1. The van der Waals surface area contributed by atoms with Crippen molar-refractivity contribution >= 4 is 5.78 Å². The van der Waals surface area contributed by atoms with Crippen LogP contribution in [-0.4, -0.2) is 28.5 Å². The van der Waals surface area contributed by atoms with E-state index in [1.54, 1.807) is 6.20 Å². The number of carbonyl (C=O) groups is 1. The SMILES string of the molecule is CCCOCC(=O)Cc1nccn1CC. The molecular formula is C11H18N2O2. The van der Waals surface area contributed by atoms with E-state index in [-0.39, 0.29) is 12.4 Å². The van der Waals surface area contributed by atoms with Crippen LogP contribution in [-0.2, 0) is 22.5 Å². The van der Waals surface area contributed by atoms with Crippen LogP contribution in [0.2, 0.25) is 0 Å². The van der Waals surface area contributed by atoms with E-state index >= 15 is 0 Å². The van der Waals surface area contributed by atoms with Gasteiger partial charge in [0.2, 0.25) is 0 Å². The minimum atomic E-state index is 0.0874. The summed E-state index contributed by atoms with van der Waals surface area (Å²) in [7, 11) is 0. The maximum absolute atomic E-state index is 11.5. The molecule has 0 aromatic carbocycles. The highest BCUT2D eigenvalue weighted by Gasteiger charge is 2.08. The summed E-state index contributed by atoms with van der Waals surface area (Å²) in [5.41, 5.74) is 0. The van der Waals surface area contributed by atoms with Crippen molar-refractivity contribution in [1.29, 1.82) is 0 Å². The number of ketones is 1. The van der Waals surface area contributed by atoms with Crippen LogP contribution in [0.4, 0.5) is 0 Å². The molecule has 0 bridgehead atoms. The third-order valence-corrected chi connectivity index (χ3v) is 2.11. The summed E-state index contributed by atoms with van der Waals surface area (Å²) < 4.78 is 7.15. The predicted octanol–water partition coefficient (Wildman–Crippen LogP) is 1.44. The third kappa shape index (κ3) is 3.83. The van der Waals surface area contributed by atoms with Crippen molar-refractivity contribution in [1.82, 2.24) is 9.55 Å². The van der Waals surface area contributed by atoms with Crippen LogP contribution in [0.25, 0.3) is 0 Å². The van der Waals surface area contributed by atoms with Crippen molar-refractivity contribution in [2.45, 2.75) is 33.2 Å².